The third-order valence-electron chi connectivity index (χ3n) is 6.58. The standard InChI is InChI=1S/C24H34N4O3/c1-29-21-15-19-20(16-22(21)31-12-4-11-28-9-2-3-10-28)26-23(17-5-6-17)27-24(19)25-18-7-13-30-14-8-18/h15-18H,2-14H2,1H3,(H,25,26,27). The van der Waals surface area contributed by atoms with E-state index in [1.165, 1.54) is 38.8 Å². The monoisotopic (exact) mass is 426 g/mol. The third kappa shape index (κ3) is 5.04. The molecular formula is C24H34N4O3. The van der Waals surface area contributed by atoms with Crippen LogP contribution in [0.15, 0.2) is 12.1 Å². The highest BCUT2D eigenvalue weighted by Gasteiger charge is 2.28. The summed E-state index contributed by atoms with van der Waals surface area (Å²) in [4.78, 5) is 12.3. The lowest BCUT2D eigenvalue weighted by Crippen LogP contribution is -2.28. The van der Waals surface area contributed by atoms with Crippen LogP contribution in [0.25, 0.3) is 10.9 Å². The van der Waals surface area contributed by atoms with E-state index in [-0.39, 0.29) is 0 Å². The second kappa shape index (κ2) is 9.57. The molecule has 1 N–H and O–H groups in total. The average molecular weight is 427 g/mol. The van der Waals surface area contributed by atoms with Crippen LogP contribution in [-0.2, 0) is 4.74 Å². The Morgan fingerprint density at radius 2 is 1.87 bits per heavy atom. The van der Waals surface area contributed by atoms with Gasteiger partial charge in [0.15, 0.2) is 11.5 Å². The lowest BCUT2D eigenvalue weighted by atomic mass is 10.1. The number of aromatic nitrogens is 2. The lowest BCUT2D eigenvalue weighted by molar-refractivity contribution is 0.0904. The Morgan fingerprint density at radius 1 is 1.06 bits per heavy atom. The number of hydrogen-bond acceptors (Lipinski definition) is 7. The molecule has 168 valence electrons. The number of nitrogens with zero attached hydrogens (tertiary/aromatic N) is 3. The molecule has 1 aromatic carbocycles. The van der Waals surface area contributed by atoms with E-state index < -0.39 is 0 Å². The molecule has 1 aromatic heterocycles. The van der Waals surface area contributed by atoms with E-state index in [9.17, 15) is 0 Å². The van der Waals surface area contributed by atoms with Crippen LogP contribution in [0.3, 0.4) is 0 Å². The van der Waals surface area contributed by atoms with Gasteiger partial charge in [-0.15, -0.1) is 0 Å². The van der Waals surface area contributed by atoms with Gasteiger partial charge < -0.3 is 24.4 Å². The van der Waals surface area contributed by atoms with Gasteiger partial charge in [-0.25, -0.2) is 9.97 Å². The van der Waals surface area contributed by atoms with Crippen molar-refractivity contribution in [3.05, 3.63) is 18.0 Å². The molecule has 0 atom stereocenters. The van der Waals surface area contributed by atoms with Gasteiger partial charge in [0.1, 0.15) is 11.6 Å². The van der Waals surface area contributed by atoms with Crippen molar-refractivity contribution in [3.8, 4) is 11.5 Å². The van der Waals surface area contributed by atoms with Crippen LogP contribution < -0.4 is 14.8 Å². The predicted molar refractivity (Wildman–Crippen MR) is 121 cm³/mol. The first kappa shape index (κ1) is 20.8. The molecule has 0 unspecified atom stereocenters. The van der Waals surface area contributed by atoms with E-state index >= 15 is 0 Å². The summed E-state index contributed by atoms with van der Waals surface area (Å²) < 4.78 is 17.3. The normalized spacial score (nSPS) is 20.3. The molecule has 0 radical (unpaired) electrons. The molecule has 2 aromatic rings. The quantitative estimate of drug-likeness (QED) is 0.609. The Balaban J connectivity index is 1.36. The smallest absolute Gasteiger partial charge is 0.163 e. The summed E-state index contributed by atoms with van der Waals surface area (Å²) in [7, 11) is 1.70. The van der Waals surface area contributed by atoms with Crippen LogP contribution in [0.5, 0.6) is 11.5 Å². The molecule has 3 aliphatic rings. The Hall–Kier alpha value is -2.12. The summed E-state index contributed by atoms with van der Waals surface area (Å²) >= 11 is 0. The van der Waals surface area contributed by atoms with Crippen molar-refractivity contribution >= 4 is 16.7 Å². The summed E-state index contributed by atoms with van der Waals surface area (Å²) in [5, 5.41) is 4.67. The number of rotatable bonds is 9. The molecule has 1 saturated carbocycles. The van der Waals surface area contributed by atoms with Gasteiger partial charge in [-0.1, -0.05) is 0 Å². The van der Waals surface area contributed by atoms with Crippen LogP contribution in [0.1, 0.15) is 56.7 Å². The highest BCUT2D eigenvalue weighted by Crippen LogP contribution is 2.41. The van der Waals surface area contributed by atoms with Gasteiger partial charge in [-0.2, -0.15) is 0 Å². The van der Waals surface area contributed by atoms with E-state index in [1.807, 2.05) is 12.1 Å². The fourth-order valence-corrected chi connectivity index (χ4v) is 4.57. The number of benzene rings is 1. The van der Waals surface area contributed by atoms with Crippen molar-refractivity contribution in [3.63, 3.8) is 0 Å². The molecule has 0 spiro atoms. The first-order valence-electron chi connectivity index (χ1n) is 11.9. The SMILES string of the molecule is COc1cc2c(NC3CCOCC3)nc(C3CC3)nc2cc1OCCCN1CCCC1. The van der Waals surface area contributed by atoms with Crippen molar-refractivity contribution in [2.75, 3.05) is 51.9 Å². The van der Waals surface area contributed by atoms with Crippen LogP contribution in [0.2, 0.25) is 0 Å². The van der Waals surface area contributed by atoms with Gasteiger partial charge in [0, 0.05) is 43.2 Å². The van der Waals surface area contributed by atoms with Crippen molar-refractivity contribution in [1.29, 1.82) is 0 Å². The van der Waals surface area contributed by atoms with Gasteiger partial charge in [-0.05, 0) is 64.1 Å². The largest absolute Gasteiger partial charge is 0.493 e. The minimum atomic E-state index is 0.381. The molecule has 2 saturated heterocycles. The van der Waals surface area contributed by atoms with Gasteiger partial charge in [0.2, 0.25) is 0 Å². The van der Waals surface area contributed by atoms with E-state index in [0.717, 1.165) is 73.1 Å². The third-order valence-corrected chi connectivity index (χ3v) is 6.58. The predicted octanol–water partition coefficient (Wildman–Crippen LogP) is 3.97. The van der Waals surface area contributed by atoms with E-state index in [1.54, 1.807) is 7.11 Å². The van der Waals surface area contributed by atoms with Crippen LogP contribution >= 0.6 is 0 Å². The zero-order chi connectivity index (χ0) is 21.0. The number of nitrogens with one attached hydrogen (secondary N) is 1. The minimum absolute atomic E-state index is 0.381. The summed E-state index contributed by atoms with van der Waals surface area (Å²) in [6, 6.07) is 4.45. The zero-order valence-corrected chi connectivity index (χ0v) is 18.6. The number of fused-ring (bicyclic) bond motifs is 1. The first-order chi connectivity index (χ1) is 15.3. The molecule has 7 heteroatoms. The molecule has 31 heavy (non-hydrogen) atoms. The van der Waals surface area contributed by atoms with Gasteiger partial charge in [-0.3, -0.25) is 0 Å². The summed E-state index contributed by atoms with van der Waals surface area (Å²) in [5.74, 6) is 3.87. The Morgan fingerprint density at radius 3 is 2.61 bits per heavy atom. The number of hydrogen-bond donors (Lipinski definition) is 1. The number of likely N-dealkylation sites (tertiary alicyclic amines) is 1. The summed E-state index contributed by atoms with van der Waals surface area (Å²) in [6.45, 7) is 5.84. The topological polar surface area (TPSA) is 68.7 Å². The zero-order valence-electron chi connectivity index (χ0n) is 18.6. The average Bonchev–Trinajstić information content (AvgIpc) is 3.52. The highest BCUT2D eigenvalue weighted by atomic mass is 16.5. The molecular weight excluding hydrogens is 392 g/mol. The Labute approximate surface area is 184 Å². The molecule has 7 nitrogen and oxygen atoms in total. The van der Waals surface area contributed by atoms with Gasteiger partial charge in [0.05, 0.1) is 19.2 Å². The van der Waals surface area contributed by atoms with Crippen molar-refractivity contribution in [2.24, 2.45) is 0 Å². The summed E-state index contributed by atoms with van der Waals surface area (Å²) in [6.07, 6.45) is 8.03. The van der Waals surface area contributed by atoms with E-state index in [2.05, 4.69) is 10.2 Å². The molecule has 0 bridgehead atoms. The summed E-state index contributed by atoms with van der Waals surface area (Å²) in [5.41, 5.74) is 0.932. The lowest BCUT2D eigenvalue weighted by Gasteiger charge is -2.24. The van der Waals surface area contributed by atoms with Gasteiger partial charge in [0.25, 0.3) is 0 Å². The Bertz CT molecular complexity index is 890. The van der Waals surface area contributed by atoms with Crippen molar-refractivity contribution in [2.45, 2.75) is 56.9 Å². The van der Waals surface area contributed by atoms with Crippen LogP contribution in [-0.4, -0.2) is 67.5 Å². The maximum absolute atomic E-state index is 6.15. The highest BCUT2D eigenvalue weighted by molar-refractivity contribution is 5.92. The fourth-order valence-electron chi connectivity index (χ4n) is 4.57. The molecule has 1 aliphatic carbocycles. The van der Waals surface area contributed by atoms with E-state index in [0.29, 0.717) is 18.6 Å². The maximum Gasteiger partial charge on any atom is 0.163 e. The van der Waals surface area contributed by atoms with Gasteiger partial charge >= 0.3 is 0 Å². The van der Waals surface area contributed by atoms with Crippen molar-refractivity contribution in [1.82, 2.24) is 14.9 Å². The van der Waals surface area contributed by atoms with E-state index in [4.69, 9.17) is 24.2 Å². The molecule has 0 amide bonds. The molecule has 5 rings (SSSR count). The maximum atomic E-state index is 6.15. The second-order valence-corrected chi connectivity index (χ2v) is 9.01. The fraction of sp³-hybridized carbons (Fsp3) is 0.667. The van der Waals surface area contributed by atoms with Crippen LogP contribution in [0, 0.1) is 0 Å². The number of ether oxygens (including phenoxy) is 3. The molecule has 3 heterocycles. The molecule has 2 aliphatic heterocycles. The first-order valence-corrected chi connectivity index (χ1v) is 11.9. The second-order valence-electron chi connectivity index (χ2n) is 9.01. The Kier molecular flexibility index (Phi) is 6.41. The number of anilines is 1. The number of methoxy groups -OCH3 is 1. The van der Waals surface area contributed by atoms with Crippen molar-refractivity contribution < 1.29 is 14.2 Å². The van der Waals surface area contributed by atoms with Crippen LogP contribution in [0.4, 0.5) is 5.82 Å². The molecule has 3 fully saturated rings. The minimum Gasteiger partial charge on any atom is -0.493 e.